The maximum Gasteiger partial charge on any atom is 0.260 e. The maximum atomic E-state index is 13.4. The van der Waals surface area contributed by atoms with Gasteiger partial charge >= 0.3 is 0 Å². The Kier molecular flexibility index (Phi) is 6.27. The topological polar surface area (TPSA) is 66.4 Å². The smallest absolute Gasteiger partial charge is 0.260 e. The average molecular weight is 472 g/mol. The van der Waals surface area contributed by atoms with E-state index in [2.05, 4.69) is 50.1 Å². The summed E-state index contributed by atoms with van der Waals surface area (Å²) in [5.74, 6) is 0. The summed E-state index contributed by atoms with van der Waals surface area (Å²) in [6.07, 6.45) is 10.8. The van der Waals surface area contributed by atoms with Crippen LogP contribution in [0, 0.1) is 0 Å². The summed E-state index contributed by atoms with van der Waals surface area (Å²) in [4.78, 5) is 26.2. The Morgan fingerprint density at radius 3 is 2.54 bits per heavy atom. The number of pyridine rings is 2. The number of benzene rings is 1. The van der Waals surface area contributed by atoms with Crippen molar-refractivity contribution in [2.75, 3.05) is 44.3 Å². The second-order valence-corrected chi connectivity index (χ2v) is 9.87. The number of nitrogens with one attached hydrogen (secondary N) is 1. The molecule has 4 aromatic rings. The first-order chi connectivity index (χ1) is 17.2. The van der Waals surface area contributed by atoms with E-state index in [4.69, 9.17) is 4.74 Å². The molecular formula is C28H33N5O2. The van der Waals surface area contributed by atoms with Crippen LogP contribution in [0.4, 0.5) is 5.69 Å². The standard InChI is InChI=1S/C28H33N5O2/c34-28-25-17-29-18-27(32-11-13-35-14-12-32)24(25)7-10-33(28)19-21-5-6-22-16-23(30-26(22)15-21)20-31-8-3-1-2-4-9-31/h5-7,10,15-18,30H,1-4,8-9,11-14,19-20H2. The van der Waals surface area contributed by atoms with Gasteiger partial charge in [-0.15, -0.1) is 0 Å². The Hall–Kier alpha value is -3.16. The molecule has 5 heterocycles. The largest absolute Gasteiger partial charge is 0.378 e. The Labute approximate surface area is 205 Å². The van der Waals surface area contributed by atoms with Gasteiger partial charge in [0.25, 0.3) is 5.56 Å². The lowest BCUT2D eigenvalue weighted by atomic mass is 10.1. The van der Waals surface area contributed by atoms with Gasteiger partial charge in [0.1, 0.15) is 0 Å². The molecule has 2 saturated heterocycles. The number of aromatic nitrogens is 3. The monoisotopic (exact) mass is 471 g/mol. The van der Waals surface area contributed by atoms with Gasteiger partial charge < -0.3 is 19.2 Å². The van der Waals surface area contributed by atoms with Crippen LogP contribution in [0.5, 0.6) is 0 Å². The van der Waals surface area contributed by atoms with Crippen LogP contribution >= 0.6 is 0 Å². The van der Waals surface area contributed by atoms with Gasteiger partial charge in [-0.25, -0.2) is 0 Å². The normalized spacial score (nSPS) is 17.8. The molecule has 1 N–H and O–H groups in total. The average Bonchev–Trinajstić information content (AvgIpc) is 3.10. The molecule has 35 heavy (non-hydrogen) atoms. The first kappa shape index (κ1) is 22.3. The Bertz CT molecular complexity index is 1380. The summed E-state index contributed by atoms with van der Waals surface area (Å²) >= 11 is 0. The molecule has 3 aromatic heterocycles. The zero-order chi connectivity index (χ0) is 23.6. The van der Waals surface area contributed by atoms with E-state index in [9.17, 15) is 4.79 Å². The molecule has 6 rings (SSSR count). The van der Waals surface area contributed by atoms with Crippen LogP contribution < -0.4 is 10.5 Å². The minimum Gasteiger partial charge on any atom is -0.378 e. The van der Waals surface area contributed by atoms with Gasteiger partial charge in [-0.1, -0.05) is 25.0 Å². The number of H-pyrrole nitrogens is 1. The highest BCUT2D eigenvalue weighted by molar-refractivity contribution is 5.92. The molecule has 0 radical (unpaired) electrons. The van der Waals surface area contributed by atoms with E-state index in [1.165, 1.54) is 49.9 Å². The molecular weight excluding hydrogens is 438 g/mol. The van der Waals surface area contributed by atoms with Gasteiger partial charge in [-0.05, 0) is 55.1 Å². The number of fused-ring (bicyclic) bond motifs is 2. The molecule has 7 nitrogen and oxygen atoms in total. The van der Waals surface area contributed by atoms with Crippen LogP contribution in [0.2, 0.25) is 0 Å². The summed E-state index contributed by atoms with van der Waals surface area (Å²) in [6, 6.07) is 10.8. The van der Waals surface area contributed by atoms with Gasteiger partial charge in [-0.3, -0.25) is 14.7 Å². The molecule has 0 amide bonds. The van der Waals surface area contributed by atoms with E-state index < -0.39 is 0 Å². The molecule has 0 spiro atoms. The predicted molar refractivity (Wildman–Crippen MR) is 140 cm³/mol. The Morgan fingerprint density at radius 2 is 1.71 bits per heavy atom. The number of hydrogen-bond donors (Lipinski definition) is 1. The molecule has 2 aliphatic rings. The van der Waals surface area contributed by atoms with Crippen LogP contribution in [-0.4, -0.2) is 58.8 Å². The lowest BCUT2D eigenvalue weighted by molar-refractivity contribution is 0.123. The van der Waals surface area contributed by atoms with E-state index in [0.717, 1.165) is 41.8 Å². The zero-order valence-electron chi connectivity index (χ0n) is 20.2. The van der Waals surface area contributed by atoms with Crippen molar-refractivity contribution in [2.24, 2.45) is 0 Å². The van der Waals surface area contributed by atoms with Gasteiger partial charge in [0.15, 0.2) is 0 Å². The molecule has 1 aromatic carbocycles. The lowest BCUT2D eigenvalue weighted by Gasteiger charge is -2.29. The summed E-state index contributed by atoms with van der Waals surface area (Å²) in [5.41, 5.74) is 4.53. The highest BCUT2D eigenvalue weighted by atomic mass is 16.5. The van der Waals surface area contributed by atoms with E-state index >= 15 is 0 Å². The molecule has 0 saturated carbocycles. The van der Waals surface area contributed by atoms with Crippen LogP contribution in [0.1, 0.15) is 36.9 Å². The van der Waals surface area contributed by atoms with E-state index in [1.807, 2.05) is 12.4 Å². The number of aromatic amines is 1. The third-order valence-corrected chi connectivity index (χ3v) is 7.42. The van der Waals surface area contributed by atoms with Crippen LogP contribution in [-0.2, 0) is 17.8 Å². The number of likely N-dealkylation sites (tertiary alicyclic amines) is 1. The van der Waals surface area contributed by atoms with Crippen molar-refractivity contribution in [2.45, 2.75) is 38.8 Å². The van der Waals surface area contributed by atoms with Crippen molar-refractivity contribution in [1.82, 2.24) is 19.4 Å². The first-order valence-electron chi connectivity index (χ1n) is 12.9. The number of ether oxygens (including phenoxy) is 1. The van der Waals surface area contributed by atoms with Crippen LogP contribution in [0.15, 0.2) is 53.7 Å². The molecule has 0 aliphatic carbocycles. The highest BCUT2D eigenvalue weighted by Gasteiger charge is 2.16. The minimum atomic E-state index is -0.00135. The van der Waals surface area contributed by atoms with Gasteiger partial charge in [0.2, 0.25) is 0 Å². The fourth-order valence-corrected chi connectivity index (χ4v) is 5.52. The summed E-state index contributed by atoms with van der Waals surface area (Å²) in [7, 11) is 0. The molecule has 2 aliphatic heterocycles. The predicted octanol–water partition coefficient (Wildman–Crippen LogP) is 4.14. The second kappa shape index (κ2) is 9.84. The van der Waals surface area contributed by atoms with Crippen molar-refractivity contribution in [3.05, 3.63) is 70.5 Å². The quantitative estimate of drug-likeness (QED) is 0.474. The molecule has 182 valence electrons. The highest BCUT2D eigenvalue weighted by Crippen LogP contribution is 2.25. The molecule has 0 unspecified atom stereocenters. The minimum absolute atomic E-state index is 0.00135. The molecule has 0 atom stereocenters. The molecule has 2 fully saturated rings. The van der Waals surface area contributed by atoms with Crippen molar-refractivity contribution in [3.8, 4) is 0 Å². The SMILES string of the molecule is O=c1c2cncc(N3CCOCC3)c2ccn1Cc1ccc2cc(CN3CCCCCC3)[nH]c2c1. The number of nitrogens with zero attached hydrogens (tertiary/aromatic N) is 4. The lowest BCUT2D eigenvalue weighted by Crippen LogP contribution is -2.36. The molecule has 0 bridgehead atoms. The zero-order valence-corrected chi connectivity index (χ0v) is 20.2. The fourth-order valence-electron chi connectivity index (χ4n) is 5.52. The van der Waals surface area contributed by atoms with Gasteiger partial charge in [0, 0.05) is 48.6 Å². The van der Waals surface area contributed by atoms with E-state index in [1.54, 1.807) is 10.8 Å². The van der Waals surface area contributed by atoms with E-state index in [0.29, 0.717) is 25.1 Å². The Balaban J connectivity index is 1.24. The van der Waals surface area contributed by atoms with Crippen LogP contribution in [0.25, 0.3) is 21.7 Å². The third kappa shape index (κ3) is 4.70. The number of hydrogen-bond acceptors (Lipinski definition) is 5. The number of anilines is 1. The summed E-state index contributed by atoms with van der Waals surface area (Å²) < 4.78 is 7.27. The van der Waals surface area contributed by atoms with Crippen molar-refractivity contribution in [3.63, 3.8) is 0 Å². The van der Waals surface area contributed by atoms with Gasteiger partial charge in [-0.2, -0.15) is 0 Å². The molecule has 7 heteroatoms. The first-order valence-corrected chi connectivity index (χ1v) is 12.9. The van der Waals surface area contributed by atoms with Crippen molar-refractivity contribution in [1.29, 1.82) is 0 Å². The summed E-state index contributed by atoms with van der Waals surface area (Å²) in [6.45, 7) is 6.93. The van der Waals surface area contributed by atoms with Crippen LogP contribution in [0.3, 0.4) is 0 Å². The van der Waals surface area contributed by atoms with Crippen molar-refractivity contribution < 1.29 is 4.74 Å². The van der Waals surface area contributed by atoms with Gasteiger partial charge in [0.05, 0.1) is 37.0 Å². The number of rotatable bonds is 5. The Morgan fingerprint density at radius 1 is 0.886 bits per heavy atom. The third-order valence-electron chi connectivity index (χ3n) is 7.42. The second-order valence-electron chi connectivity index (χ2n) is 9.87. The summed E-state index contributed by atoms with van der Waals surface area (Å²) in [5, 5.41) is 2.85. The maximum absolute atomic E-state index is 13.4. The number of morpholine rings is 1. The fraction of sp³-hybridized carbons (Fsp3) is 0.429. The van der Waals surface area contributed by atoms with E-state index in [-0.39, 0.29) is 5.56 Å². The van der Waals surface area contributed by atoms with Crippen molar-refractivity contribution >= 4 is 27.4 Å².